The maximum Gasteiger partial charge on any atom is 0.228 e. The Kier molecular flexibility index (Phi) is 6.68. The molecule has 0 atom stereocenters. The van der Waals surface area contributed by atoms with Crippen molar-refractivity contribution in [1.82, 2.24) is 14.9 Å². The van der Waals surface area contributed by atoms with Gasteiger partial charge >= 0.3 is 0 Å². The molecule has 1 saturated heterocycles. The first-order chi connectivity index (χ1) is 13.6. The standard InChI is InChI=1S/C21H28N4O3/c1-4-24(15-16-5-7-18(27-2)8-6-16)20(26)17-10-13-25(14-11-17)21-22-12-9-19(23-21)28-3/h5-9,12,17H,4,10-11,13-15H2,1-3H3. The molecular formula is C21H28N4O3. The Morgan fingerprint density at radius 1 is 1.14 bits per heavy atom. The maximum absolute atomic E-state index is 13.0. The van der Waals surface area contributed by atoms with Crippen LogP contribution < -0.4 is 14.4 Å². The van der Waals surface area contributed by atoms with Crippen LogP contribution in [-0.4, -0.2) is 54.6 Å². The quantitative estimate of drug-likeness (QED) is 0.731. The van der Waals surface area contributed by atoms with Crippen molar-refractivity contribution in [3.8, 4) is 11.6 Å². The summed E-state index contributed by atoms with van der Waals surface area (Å²) in [4.78, 5) is 25.8. The second-order valence-electron chi connectivity index (χ2n) is 6.86. The van der Waals surface area contributed by atoms with Crippen molar-refractivity contribution >= 4 is 11.9 Å². The van der Waals surface area contributed by atoms with Crippen molar-refractivity contribution in [3.63, 3.8) is 0 Å². The van der Waals surface area contributed by atoms with Gasteiger partial charge in [-0.2, -0.15) is 4.98 Å². The average molecular weight is 384 g/mol. The Hall–Kier alpha value is -2.83. The van der Waals surface area contributed by atoms with Crippen molar-refractivity contribution in [1.29, 1.82) is 0 Å². The van der Waals surface area contributed by atoms with Crippen LogP contribution in [0.4, 0.5) is 5.95 Å². The first-order valence-electron chi connectivity index (χ1n) is 9.68. The van der Waals surface area contributed by atoms with Gasteiger partial charge in [0.2, 0.25) is 17.7 Å². The third-order valence-electron chi connectivity index (χ3n) is 5.18. The van der Waals surface area contributed by atoms with E-state index in [0.29, 0.717) is 24.9 Å². The fourth-order valence-corrected chi connectivity index (χ4v) is 3.48. The van der Waals surface area contributed by atoms with E-state index in [4.69, 9.17) is 9.47 Å². The molecule has 1 fully saturated rings. The number of hydrogen-bond acceptors (Lipinski definition) is 6. The summed E-state index contributed by atoms with van der Waals surface area (Å²) >= 11 is 0. The number of anilines is 1. The number of piperidine rings is 1. The number of carbonyl (C=O) groups is 1. The van der Waals surface area contributed by atoms with Crippen LogP contribution in [0.25, 0.3) is 0 Å². The van der Waals surface area contributed by atoms with Crippen LogP contribution in [0.2, 0.25) is 0 Å². The summed E-state index contributed by atoms with van der Waals surface area (Å²) in [6.07, 6.45) is 3.31. The van der Waals surface area contributed by atoms with E-state index in [1.54, 1.807) is 26.5 Å². The Morgan fingerprint density at radius 2 is 1.86 bits per heavy atom. The van der Waals surface area contributed by atoms with E-state index in [1.165, 1.54) is 0 Å². The number of benzene rings is 1. The summed E-state index contributed by atoms with van der Waals surface area (Å²) < 4.78 is 10.4. The zero-order chi connectivity index (χ0) is 19.9. The van der Waals surface area contributed by atoms with Crippen molar-refractivity contribution < 1.29 is 14.3 Å². The zero-order valence-electron chi connectivity index (χ0n) is 16.8. The van der Waals surface area contributed by atoms with Gasteiger partial charge in [-0.25, -0.2) is 4.98 Å². The Labute approximate surface area is 166 Å². The monoisotopic (exact) mass is 384 g/mol. The summed E-state index contributed by atoms with van der Waals surface area (Å²) in [5.41, 5.74) is 1.11. The van der Waals surface area contributed by atoms with Crippen LogP contribution in [0.1, 0.15) is 25.3 Å². The Bertz CT molecular complexity index is 773. The third-order valence-corrected chi connectivity index (χ3v) is 5.18. The van der Waals surface area contributed by atoms with Crippen LogP contribution in [-0.2, 0) is 11.3 Å². The molecule has 3 rings (SSSR count). The number of hydrogen-bond donors (Lipinski definition) is 0. The fraction of sp³-hybridized carbons (Fsp3) is 0.476. The molecule has 28 heavy (non-hydrogen) atoms. The summed E-state index contributed by atoms with van der Waals surface area (Å²) in [7, 11) is 3.25. The average Bonchev–Trinajstić information content (AvgIpc) is 2.77. The lowest BCUT2D eigenvalue weighted by molar-refractivity contribution is -0.136. The van der Waals surface area contributed by atoms with Crippen molar-refractivity contribution in [3.05, 3.63) is 42.1 Å². The molecule has 0 spiro atoms. The topological polar surface area (TPSA) is 67.8 Å². The molecule has 0 N–H and O–H groups in total. The van der Waals surface area contributed by atoms with Crippen LogP contribution in [0.5, 0.6) is 11.6 Å². The molecule has 2 heterocycles. The van der Waals surface area contributed by atoms with Gasteiger partial charge in [-0.15, -0.1) is 0 Å². The first-order valence-corrected chi connectivity index (χ1v) is 9.68. The molecule has 1 aliphatic heterocycles. The molecule has 0 unspecified atom stereocenters. The second-order valence-corrected chi connectivity index (χ2v) is 6.86. The number of amides is 1. The van der Waals surface area contributed by atoms with Gasteiger partial charge in [0.1, 0.15) is 5.75 Å². The number of carbonyl (C=O) groups excluding carboxylic acids is 1. The lowest BCUT2D eigenvalue weighted by Gasteiger charge is -2.34. The Morgan fingerprint density at radius 3 is 2.46 bits per heavy atom. The van der Waals surface area contributed by atoms with Gasteiger partial charge in [-0.3, -0.25) is 4.79 Å². The van der Waals surface area contributed by atoms with E-state index in [1.807, 2.05) is 36.1 Å². The van der Waals surface area contributed by atoms with E-state index >= 15 is 0 Å². The van der Waals surface area contributed by atoms with Gasteiger partial charge in [0.05, 0.1) is 14.2 Å². The lowest BCUT2D eigenvalue weighted by Crippen LogP contribution is -2.42. The highest BCUT2D eigenvalue weighted by Crippen LogP contribution is 2.24. The molecule has 2 aromatic rings. The van der Waals surface area contributed by atoms with Crippen LogP contribution >= 0.6 is 0 Å². The summed E-state index contributed by atoms with van der Waals surface area (Å²) in [5, 5.41) is 0. The molecule has 150 valence electrons. The van der Waals surface area contributed by atoms with Gasteiger partial charge in [-0.05, 0) is 37.5 Å². The smallest absolute Gasteiger partial charge is 0.228 e. The molecule has 1 aliphatic rings. The lowest BCUT2D eigenvalue weighted by atomic mass is 9.95. The van der Waals surface area contributed by atoms with Crippen molar-refractivity contribution in [2.75, 3.05) is 38.8 Å². The zero-order valence-corrected chi connectivity index (χ0v) is 16.8. The normalized spacial score (nSPS) is 14.6. The fourth-order valence-electron chi connectivity index (χ4n) is 3.48. The van der Waals surface area contributed by atoms with Crippen LogP contribution in [0.3, 0.4) is 0 Å². The molecule has 1 amide bonds. The van der Waals surface area contributed by atoms with Gasteiger partial charge < -0.3 is 19.3 Å². The molecule has 7 nitrogen and oxygen atoms in total. The molecule has 0 saturated carbocycles. The van der Waals surface area contributed by atoms with Gasteiger partial charge in [0, 0.05) is 44.4 Å². The minimum absolute atomic E-state index is 0.0417. The maximum atomic E-state index is 13.0. The summed E-state index contributed by atoms with van der Waals surface area (Å²) in [5.74, 6) is 2.31. The second kappa shape index (κ2) is 9.39. The highest BCUT2D eigenvalue weighted by molar-refractivity contribution is 5.79. The number of methoxy groups -OCH3 is 2. The minimum atomic E-state index is 0.0417. The number of nitrogens with zero attached hydrogens (tertiary/aromatic N) is 4. The van der Waals surface area contributed by atoms with E-state index < -0.39 is 0 Å². The third kappa shape index (κ3) is 4.71. The molecule has 0 aliphatic carbocycles. The van der Waals surface area contributed by atoms with Gasteiger partial charge in [-0.1, -0.05) is 12.1 Å². The van der Waals surface area contributed by atoms with E-state index in [0.717, 1.165) is 37.2 Å². The molecule has 0 radical (unpaired) electrons. The van der Waals surface area contributed by atoms with E-state index in [-0.39, 0.29) is 11.8 Å². The SMILES string of the molecule is CCN(Cc1ccc(OC)cc1)C(=O)C1CCN(c2nccc(OC)n2)CC1. The van der Waals surface area contributed by atoms with Crippen molar-refractivity contribution in [2.24, 2.45) is 5.92 Å². The van der Waals surface area contributed by atoms with Crippen molar-refractivity contribution in [2.45, 2.75) is 26.3 Å². The van der Waals surface area contributed by atoms with E-state index in [2.05, 4.69) is 14.9 Å². The molecule has 1 aromatic carbocycles. The molecule has 7 heteroatoms. The molecular weight excluding hydrogens is 356 g/mol. The summed E-state index contributed by atoms with van der Waals surface area (Å²) in [6, 6.07) is 9.62. The van der Waals surface area contributed by atoms with Crippen LogP contribution in [0, 0.1) is 5.92 Å². The van der Waals surface area contributed by atoms with Crippen LogP contribution in [0.15, 0.2) is 36.5 Å². The predicted octanol–water partition coefficient (Wildman–Crippen LogP) is 2.76. The molecule has 0 bridgehead atoms. The summed E-state index contributed by atoms with van der Waals surface area (Å²) in [6.45, 7) is 4.89. The highest BCUT2D eigenvalue weighted by atomic mass is 16.5. The largest absolute Gasteiger partial charge is 0.497 e. The van der Waals surface area contributed by atoms with Gasteiger partial charge in [0.15, 0.2) is 0 Å². The molecule has 1 aromatic heterocycles. The number of ether oxygens (including phenoxy) is 2. The first kappa shape index (κ1) is 19.9. The number of aromatic nitrogens is 2. The predicted molar refractivity (Wildman–Crippen MR) is 108 cm³/mol. The number of rotatable bonds is 7. The Balaban J connectivity index is 1.57. The minimum Gasteiger partial charge on any atom is -0.497 e. The van der Waals surface area contributed by atoms with E-state index in [9.17, 15) is 4.79 Å². The highest BCUT2D eigenvalue weighted by Gasteiger charge is 2.29. The van der Waals surface area contributed by atoms with Gasteiger partial charge in [0.25, 0.3) is 0 Å².